The Morgan fingerprint density at radius 1 is 1.03 bits per heavy atom. The highest BCUT2D eigenvalue weighted by atomic mass is 35.5. The van der Waals surface area contributed by atoms with Crippen LogP contribution in [0.1, 0.15) is 34.3 Å². The van der Waals surface area contributed by atoms with Gasteiger partial charge in [0.2, 0.25) is 5.91 Å². The van der Waals surface area contributed by atoms with Gasteiger partial charge in [-0.1, -0.05) is 54.6 Å². The van der Waals surface area contributed by atoms with Crippen LogP contribution in [-0.2, 0) is 20.5 Å². The summed E-state index contributed by atoms with van der Waals surface area (Å²) in [7, 11) is 0. The van der Waals surface area contributed by atoms with Crippen LogP contribution in [0.25, 0.3) is 0 Å². The topological polar surface area (TPSA) is 87.7 Å². The Kier molecular flexibility index (Phi) is 5.28. The molecule has 0 aliphatic carbocycles. The number of halogens is 1. The number of nitrogens with zero attached hydrogens (tertiary/aromatic N) is 1. The van der Waals surface area contributed by atoms with Crippen molar-refractivity contribution in [3.63, 3.8) is 0 Å². The summed E-state index contributed by atoms with van der Waals surface area (Å²) < 4.78 is 5.89. The van der Waals surface area contributed by atoms with Crippen molar-refractivity contribution < 1.29 is 19.1 Å². The fourth-order valence-electron chi connectivity index (χ4n) is 7.66. The Morgan fingerprint density at radius 3 is 2.62 bits per heavy atom. The predicted octanol–water partition coefficient (Wildman–Crippen LogP) is 4.92. The molecule has 4 heterocycles. The summed E-state index contributed by atoms with van der Waals surface area (Å²) in [6, 6.07) is 19.4. The first-order valence-corrected chi connectivity index (χ1v) is 13.5. The largest absolute Gasteiger partial charge is 0.489 e. The van der Waals surface area contributed by atoms with Gasteiger partial charge in [0, 0.05) is 28.0 Å². The number of rotatable bonds is 5. The third-order valence-electron chi connectivity index (χ3n) is 8.85. The van der Waals surface area contributed by atoms with Gasteiger partial charge < -0.3 is 15.4 Å². The van der Waals surface area contributed by atoms with Crippen molar-refractivity contribution in [2.75, 3.05) is 23.8 Å². The molecule has 2 saturated heterocycles. The normalized spacial score (nSPS) is 28.2. The van der Waals surface area contributed by atoms with E-state index in [0.717, 1.165) is 6.42 Å². The molecular weight excluding hydrogens is 514 g/mol. The Morgan fingerprint density at radius 2 is 1.77 bits per heavy atom. The number of benzene rings is 3. The lowest BCUT2D eigenvalue weighted by Gasteiger charge is -2.43. The number of para-hydroxylation sites is 2. The predicted molar refractivity (Wildman–Crippen MR) is 148 cm³/mol. The maximum Gasteiger partial charge on any atom is 0.251 e. The second-order valence-electron chi connectivity index (χ2n) is 10.5. The Labute approximate surface area is 230 Å². The number of fused-ring (bicyclic) bond motifs is 7. The Bertz CT molecular complexity index is 1590. The van der Waals surface area contributed by atoms with Gasteiger partial charge in [-0.25, -0.2) is 0 Å². The molecule has 39 heavy (non-hydrogen) atoms. The van der Waals surface area contributed by atoms with Crippen LogP contribution in [0.15, 0.2) is 79.4 Å². The van der Waals surface area contributed by atoms with Crippen LogP contribution in [0.2, 0.25) is 5.02 Å². The number of anilines is 2. The van der Waals surface area contributed by atoms with Crippen LogP contribution in [0.5, 0.6) is 5.75 Å². The zero-order chi connectivity index (χ0) is 26.9. The minimum absolute atomic E-state index is 0.224. The molecule has 196 valence electrons. The molecule has 0 aromatic heterocycles. The quantitative estimate of drug-likeness (QED) is 0.355. The average molecular weight is 540 g/mol. The minimum Gasteiger partial charge on any atom is -0.489 e. The van der Waals surface area contributed by atoms with E-state index < -0.39 is 16.9 Å². The minimum atomic E-state index is -1.53. The van der Waals surface area contributed by atoms with Gasteiger partial charge in [-0.05, 0) is 61.3 Å². The average Bonchev–Trinajstić information content (AvgIpc) is 3.66. The van der Waals surface area contributed by atoms with Crippen LogP contribution >= 0.6 is 11.6 Å². The highest BCUT2D eigenvalue weighted by Gasteiger charge is 2.81. The zero-order valence-corrected chi connectivity index (χ0v) is 21.8. The van der Waals surface area contributed by atoms with E-state index in [1.54, 1.807) is 42.5 Å². The fraction of sp³-hybridized carbons (Fsp3) is 0.258. The summed E-state index contributed by atoms with van der Waals surface area (Å²) in [6.07, 6.45) is 3.10. The van der Waals surface area contributed by atoms with E-state index in [9.17, 15) is 14.4 Å². The third-order valence-corrected chi connectivity index (χ3v) is 9.09. The summed E-state index contributed by atoms with van der Waals surface area (Å²) in [4.78, 5) is 45.9. The molecule has 3 aromatic rings. The molecule has 4 atom stereocenters. The summed E-state index contributed by atoms with van der Waals surface area (Å²) in [5, 5.41) is 6.55. The SMILES string of the molecule is C=CCOc1ccccc1C(=O)[C@@H]1[C@@H]2CCCN2[C@]2(C(=O)Nc3ccc(Cl)cc32)[C@@]12C(=O)Nc1ccccc12. The maximum atomic E-state index is 14.8. The smallest absolute Gasteiger partial charge is 0.251 e. The highest BCUT2D eigenvalue weighted by Crippen LogP contribution is 2.68. The number of carbonyl (C=O) groups excluding carboxylic acids is 3. The van der Waals surface area contributed by atoms with E-state index in [1.807, 2.05) is 30.3 Å². The monoisotopic (exact) mass is 539 g/mol. The van der Waals surface area contributed by atoms with Crippen LogP contribution in [0.4, 0.5) is 11.4 Å². The molecule has 8 heteroatoms. The molecule has 2 spiro atoms. The van der Waals surface area contributed by atoms with Gasteiger partial charge in [-0.2, -0.15) is 0 Å². The first kappa shape index (κ1) is 24.1. The van der Waals surface area contributed by atoms with Gasteiger partial charge in [0.25, 0.3) is 5.91 Å². The molecule has 0 bridgehead atoms. The van der Waals surface area contributed by atoms with Crippen molar-refractivity contribution in [1.82, 2.24) is 4.90 Å². The van der Waals surface area contributed by atoms with E-state index >= 15 is 0 Å². The van der Waals surface area contributed by atoms with Crippen molar-refractivity contribution in [3.05, 3.63) is 101 Å². The Hall–Kier alpha value is -3.94. The van der Waals surface area contributed by atoms with E-state index in [2.05, 4.69) is 22.1 Å². The molecule has 4 aliphatic heterocycles. The fourth-order valence-corrected chi connectivity index (χ4v) is 7.84. The van der Waals surface area contributed by atoms with Crippen LogP contribution in [0, 0.1) is 5.92 Å². The number of carbonyl (C=O) groups is 3. The zero-order valence-electron chi connectivity index (χ0n) is 21.1. The van der Waals surface area contributed by atoms with E-state index in [0.29, 0.717) is 51.8 Å². The molecule has 7 nitrogen and oxygen atoms in total. The van der Waals surface area contributed by atoms with E-state index in [-0.39, 0.29) is 30.2 Å². The van der Waals surface area contributed by atoms with Crippen molar-refractivity contribution in [2.24, 2.45) is 5.92 Å². The first-order valence-electron chi connectivity index (χ1n) is 13.1. The number of Topliss-reactive ketones (excluding diaryl/α,β-unsaturated/α-hetero) is 1. The number of amides is 2. The molecule has 4 aliphatic rings. The van der Waals surface area contributed by atoms with Gasteiger partial charge in [-0.15, -0.1) is 0 Å². The summed E-state index contributed by atoms with van der Waals surface area (Å²) in [6.45, 7) is 4.53. The van der Waals surface area contributed by atoms with Gasteiger partial charge in [0.1, 0.15) is 23.3 Å². The van der Waals surface area contributed by atoms with Gasteiger partial charge in [0.15, 0.2) is 5.78 Å². The van der Waals surface area contributed by atoms with Crippen molar-refractivity contribution in [3.8, 4) is 5.75 Å². The Balaban J connectivity index is 1.55. The van der Waals surface area contributed by atoms with E-state index in [1.165, 1.54) is 0 Å². The summed E-state index contributed by atoms with van der Waals surface area (Å²) >= 11 is 6.52. The molecule has 3 aromatic carbocycles. The lowest BCUT2D eigenvalue weighted by molar-refractivity contribution is -0.137. The molecule has 2 amide bonds. The maximum absolute atomic E-state index is 14.8. The highest BCUT2D eigenvalue weighted by molar-refractivity contribution is 6.31. The number of hydrogen-bond donors (Lipinski definition) is 2. The van der Waals surface area contributed by atoms with Gasteiger partial charge >= 0.3 is 0 Å². The number of nitrogens with one attached hydrogen (secondary N) is 2. The van der Waals surface area contributed by atoms with Gasteiger partial charge in [0.05, 0.1) is 11.5 Å². The molecule has 0 unspecified atom stereocenters. The number of hydrogen-bond acceptors (Lipinski definition) is 5. The third kappa shape index (κ3) is 2.89. The molecular formula is C31H26ClN3O4. The van der Waals surface area contributed by atoms with Crippen molar-refractivity contribution >= 4 is 40.6 Å². The van der Waals surface area contributed by atoms with Crippen LogP contribution in [0.3, 0.4) is 0 Å². The number of ketones is 1. The molecule has 0 radical (unpaired) electrons. The van der Waals surface area contributed by atoms with E-state index in [4.69, 9.17) is 16.3 Å². The number of ether oxygens (including phenoxy) is 1. The molecule has 2 N–H and O–H groups in total. The molecule has 7 rings (SSSR count). The lowest BCUT2D eigenvalue weighted by Crippen LogP contribution is -2.62. The van der Waals surface area contributed by atoms with Crippen molar-refractivity contribution in [2.45, 2.75) is 29.8 Å². The van der Waals surface area contributed by atoms with Crippen LogP contribution < -0.4 is 15.4 Å². The first-order chi connectivity index (χ1) is 19.0. The van der Waals surface area contributed by atoms with Crippen molar-refractivity contribution in [1.29, 1.82) is 0 Å². The summed E-state index contributed by atoms with van der Waals surface area (Å²) in [5.74, 6) is -1.32. The molecule has 0 saturated carbocycles. The lowest BCUT2D eigenvalue weighted by atomic mass is 9.57. The second kappa shape index (κ2) is 8.53. The van der Waals surface area contributed by atoms with Gasteiger partial charge in [-0.3, -0.25) is 19.3 Å². The standard InChI is InChI=1S/C31H26ClN3O4/c1-2-16-39-25-12-6-3-8-19(25)27(36)26-24-11-7-15-35(24)31(21-17-18(32)13-14-23(21)34-29(31)38)30(26)20-9-4-5-10-22(20)33-28(30)37/h2-6,8-10,12-14,17,24,26H,1,7,11,15-16H2,(H,33,37)(H,34,38)/t24-,26-,30+,31+/m0/s1. The molecule has 2 fully saturated rings. The second-order valence-corrected chi connectivity index (χ2v) is 10.9. The van der Waals surface area contributed by atoms with Crippen LogP contribution in [-0.4, -0.2) is 41.7 Å². The summed E-state index contributed by atoms with van der Waals surface area (Å²) in [5.41, 5.74) is -0.107.